The van der Waals surface area contributed by atoms with Gasteiger partial charge in [0.2, 0.25) is 5.67 Å². The van der Waals surface area contributed by atoms with Gasteiger partial charge in [0, 0.05) is 0 Å². The molecule has 16 heavy (non-hydrogen) atoms. The normalized spacial score (nSPS) is 43.1. The lowest BCUT2D eigenvalue weighted by molar-refractivity contribution is -0.294. The molecule has 2 aliphatic heterocycles. The number of halogens is 7. The smallest absolute Gasteiger partial charge is 0.362 e. The standard InChI is InChI=1S/C8H5F7O/c9-6(8(13,14)15)4-2-1-3(16-4)5(6)7(10,11)12/h1-5H/t3-,4+,5-,6+/m1/s1. The monoisotopic (exact) mass is 250 g/mol. The minimum Gasteiger partial charge on any atom is -0.362 e. The van der Waals surface area contributed by atoms with Gasteiger partial charge >= 0.3 is 12.4 Å². The Morgan fingerprint density at radius 1 is 1.00 bits per heavy atom. The molecule has 1 fully saturated rings. The van der Waals surface area contributed by atoms with E-state index in [1.807, 2.05) is 0 Å². The molecule has 8 heteroatoms. The molecule has 92 valence electrons. The van der Waals surface area contributed by atoms with Gasteiger partial charge in [0.15, 0.2) is 0 Å². The quantitative estimate of drug-likeness (QED) is 0.474. The van der Waals surface area contributed by atoms with Crippen molar-refractivity contribution in [3.63, 3.8) is 0 Å². The largest absolute Gasteiger partial charge is 0.426 e. The molecule has 1 saturated heterocycles. The Labute approximate surface area is 84.9 Å². The van der Waals surface area contributed by atoms with Gasteiger partial charge in [0.1, 0.15) is 12.0 Å². The van der Waals surface area contributed by atoms with Crippen molar-refractivity contribution in [3.05, 3.63) is 12.2 Å². The van der Waals surface area contributed by atoms with Gasteiger partial charge in [-0.2, -0.15) is 26.3 Å². The molecule has 0 amide bonds. The number of ether oxygens (including phenoxy) is 1. The van der Waals surface area contributed by atoms with Crippen LogP contribution in [-0.2, 0) is 4.74 Å². The molecule has 0 aromatic heterocycles. The van der Waals surface area contributed by atoms with Crippen LogP contribution in [-0.4, -0.2) is 30.2 Å². The van der Waals surface area contributed by atoms with Gasteiger partial charge < -0.3 is 4.74 Å². The molecule has 0 N–H and O–H groups in total. The van der Waals surface area contributed by atoms with Crippen molar-refractivity contribution < 1.29 is 35.5 Å². The van der Waals surface area contributed by atoms with E-state index in [0.717, 1.165) is 6.08 Å². The molecule has 0 radical (unpaired) electrons. The molecule has 0 aliphatic carbocycles. The fraction of sp³-hybridized carbons (Fsp3) is 0.750. The van der Waals surface area contributed by atoms with Crippen LogP contribution in [0.2, 0.25) is 0 Å². The maximum atomic E-state index is 13.7. The topological polar surface area (TPSA) is 9.23 Å². The first-order chi connectivity index (χ1) is 7.08. The molecule has 4 atom stereocenters. The number of alkyl halides is 7. The Morgan fingerprint density at radius 3 is 1.94 bits per heavy atom. The van der Waals surface area contributed by atoms with Crippen molar-refractivity contribution >= 4 is 0 Å². The molecule has 2 heterocycles. The molecule has 0 unspecified atom stereocenters. The van der Waals surface area contributed by atoms with Gasteiger partial charge in [0.25, 0.3) is 0 Å². The minimum absolute atomic E-state index is 0.681. The summed E-state index contributed by atoms with van der Waals surface area (Å²) in [5.74, 6) is -3.19. The lowest BCUT2D eigenvalue weighted by Crippen LogP contribution is -2.57. The van der Waals surface area contributed by atoms with E-state index in [2.05, 4.69) is 4.74 Å². The van der Waals surface area contributed by atoms with Gasteiger partial charge in [-0.1, -0.05) is 12.2 Å². The maximum Gasteiger partial charge on any atom is 0.426 e. The Hall–Kier alpha value is -0.790. The SMILES string of the molecule is FC(F)(F)[C@@H]1[C@H]2C=C[C@H](O2)[C@@]1(F)C(F)(F)F. The van der Waals surface area contributed by atoms with E-state index in [-0.39, 0.29) is 0 Å². The minimum atomic E-state index is -5.61. The zero-order valence-corrected chi connectivity index (χ0v) is 7.44. The fourth-order valence-corrected chi connectivity index (χ4v) is 2.08. The van der Waals surface area contributed by atoms with Crippen molar-refractivity contribution in [3.8, 4) is 0 Å². The van der Waals surface area contributed by atoms with Crippen LogP contribution in [0.3, 0.4) is 0 Å². The van der Waals surface area contributed by atoms with Crippen molar-refractivity contribution in [2.75, 3.05) is 0 Å². The van der Waals surface area contributed by atoms with E-state index in [1.54, 1.807) is 0 Å². The van der Waals surface area contributed by atoms with Gasteiger partial charge in [-0.25, -0.2) is 4.39 Å². The Morgan fingerprint density at radius 2 is 1.56 bits per heavy atom. The molecule has 0 aromatic carbocycles. The second-order valence-corrected chi connectivity index (χ2v) is 3.69. The summed E-state index contributed by atoms with van der Waals surface area (Å²) in [7, 11) is 0. The van der Waals surface area contributed by atoms with Crippen molar-refractivity contribution in [2.24, 2.45) is 5.92 Å². The molecule has 0 spiro atoms. The molecule has 0 aromatic rings. The second kappa shape index (κ2) is 2.91. The Balaban J connectivity index is 2.48. The van der Waals surface area contributed by atoms with Gasteiger partial charge in [0.05, 0.1) is 6.10 Å². The molecule has 0 saturated carbocycles. The Kier molecular flexibility index (Phi) is 2.12. The van der Waals surface area contributed by atoms with E-state index in [0.29, 0.717) is 6.08 Å². The van der Waals surface area contributed by atoms with E-state index in [4.69, 9.17) is 0 Å². The summed E-state index contributed by atoms with van der Waals surface area (Å²) in [5, 5.41) is 0. The summed E-state index contributed by atoms with van der Waals surface area (Å²) in [4.78, 5) is 0. The third-order valence-electron chi connectivity index (χ3n) is 2.76. The predicted octanol–water partition coefficient (Wildman–Crippen LogP) is 2.77. The highest BCUT2D eigenvalue weighted by Crippen LogP contribution is 2.58. The highest BCUT2D eigenvalue weighted by Gasteiger charge is 2.78. The molecular formula is C8H5F7O. The second-order valence-electron chi connectivity index (χ2n) is 3.69. The van der Waals surface area contributed by atoms with Crippen LogP contribution >= 0.6 is 0 Å². The van der Waals surface area contributed by atoms with Gasteiger partial charge in [-0.15, -0.1) is 0 Å². The first kappa shape index (κ1) is 11.7. The van der Waals surface area contributed by atoms with Gasteiger partial charge in [-0.3, -0.25) is 0 Å². The average molecular weight is 250 g/mol. The van der Waals surface area contributed by atoms with E-state index >= 15 is 0 Å². The van der Waals surface area contributed by atoms with Crippen LogP contribution in [0.25, 0.3) is 0 Å². The lowest BCUT2D eigenvalue weighted by atomic mass is 9.79. The zero-order chi connectivity index (χ0) is 12.4. The van der Waals surface area contributed by atoms with E-state index < -0.39 is 36.1 Å². The Bertz CT molecular complexity index is 330. The summed E-state index contributed by atoms with van der Waals surface area (Å²) in [6.07, 6.45) is -13.5. The highest BCUT2D eigenvalue weighted by atomic mass is 19.4. The summed E-state index contributed by atoms with van der Waals surface area (Å²) in [6.45, 7) is 0. The number of hydrogen-bond donors (Lipinski definition) is 0. The number of rotatable bonds is 0. The average Bonchev–Trinajstić information content (AvgIpc) is 2.57. The number of fused-ring (bicyclic) bond motifs is 2. The summed E-state index contributed by atoms with van der Waals surface area (Å²) in [5.41, 5.74) is -4.38. The van der Waals surface area contributed by atoms with Crippen LogP contribution in [0.5, 0.6) is 0 Å². The van der Waals surface area contributed by atoms with E-state index in [1.165, 1.54) is 0 Å². The molecule has 2 rings (SSSR count). The van der Waals surface area contributed by atoms with E-state index in [9.17, 15) is 30.7 Å². The summed E-state index contributed by atoms with van der Waals surface area (Å²) < 4.78 is 92.3. The van der Waals surface area contributed by atoms with Crippen LogP contribution in [0.4, 0.5) is 30.7 Å². The first-order valence-electron chi connectivity index (χ1n) is 4.24. The third-order valence-corrected chi connectivity index (χ3v) is 2.76. The highest BCUT2D eigenvalue weighted by molar-refractivity contribution is 5.25. The third kappa shape index (κ3) is 1.28. The molecule has 2 bridgehead atoms. The predicted molar refractivity (Wildman–Crippen MR) is 37.2 cm³/mol. The molecule has 2 aliphatic rings. The summed E-state index contributed by atoms with van der Waals surface area (Å²) >= 11 is 0. The van der Waals surface area contributed by atoms with Crippen LogP contribution < -0.4 is 0 Å². The number of hydrogen-bond acceptors (Lipinski definition) is 1. The maximum absolute atomic E-state index is 13.7. The first-order valence-corrected chi connectivity index (χ1v) is 4.24. The van der Waals surface area contributed by atoms with Crippen LogP contribution in [0.15, 0.2) is 12.2 Å². The van der Waals surface area contributed by atoms with Crippen LogP contribution in [0, 0.1) is 5.92 Å². The van der Waals surface area contributed by atoms with Crippen LogP contribution in [0.1, 0.15) is 0 Å². The zero-order valence-electron chi connectivity index (χ0n) is 7.44. The fourth-order valence-electron chi connectivity index (χ4n) is 2.08. The van der Waals surface area contributed by atoms with Gasteiger partial charge in [-0.05, 0) is 0 Å². The molecule has 1 nitrogen and oxygen atoms in total. The molecular weight excluding hydrogens is 245 g/mol. The van der Waals surface area contributed by atoms with Crippen molar-refractivity contribution in [1.82, 2.24) is 0 Å². The van der Waals surface area contributed by atoms with Crippen molar-refractivity contribution in [2.45, 2.75) is 30.2 Å². The van der Waals surface area contributed by atoms with Crippen molar-refractivity contribution in [1.29, 1.82) is 0 Å². The summed E-state index contributed by atoms with van der Waals surface area (Å²) in [6, 6.07) is 0. The lowest BCUT2D eigenvalue weighted by Gasteiger charge is -2.34.